The number of rotatable bonds is 1. The molecule has 3 fully saturated rings. The van der Waals surface area contributed by atoms with E-state index in [1.807, 2.05) is 0 Å². The van der Waals surface area contributed by atoms with Crippen molar-refractivity contribution in [1.29, 1.82) is 0 Å². The lowest BCUT2D eigenvalue weighted by Crippen LogP contribution is -2.52. The molecule has 2 saturated heterocycles. The SMILES string of the molecule is CC1CCN(C(=O)C2CC3(CCN(C)CC3)C2)CC1. The number of likely N-dealkylation sites (tertiary alicyclic amines) is 2. The molecule has 19 heavy (non-hydrogen) atoms. The van der Waals surface area contributed by atoms with E-state index in [0.717, 1.165) is 19.0 Å². The summed E-state index contributed by atoms with van der Waals surface area (Å²) in [5.74, 6) is 1.64. The average molecular weight is 264 g/mol. The van der Waals surface area contributed by atoms with Gasteiger partial charge in [0, 0.05) is 19.0 Å². The van der Waals surface area contributed by atoms with Crippen LogP contribution in [0.25, 0.3) is 0 Å². The van der Waals surface area contributed by atoms with Crippen molar-refractivity contribution in [1.82, 2.24) is 9.80 Å². The number of hydrogen-bond donors (Lipinski definition) is 0. The van der Waals surface area contributed by atoms with E-state index in [9.17, 15) is 4.79 Å². The maximum atomic E-state index is 12.5. The zero-order chi connectivity index (χ0) is 13.5. The summed E-state index contributed by atoms with van der Waals surface area (Å²) in [5.41, 5.74) is 0.538. The summed E-state index contributed by atoms with van der Waals surface area (Å²) in [7, 11) is 2.21. The van der Waals surface area contributed by atoms with E-state index < -0.39 is 0 Å². The van der Waals surface area contributed by atoms with Gasteiger partial charge in [0.15, 0.2) is 0 Å². The number of carbonyl (C=O) groups excluding carboxylic acids is 1. The minimum Gasteiger partial charge on any atom is -0.342 e. The molecule has 0 N–H and O–H groups in total. The molecule has 0 bridgehead atoms. The molecule has 1 aliphatic carbocycles. The Morgan fingerprint density at radius 1 is 1.05 bits per heavy atom. The van der Waals surface area contributed by atoms with Crippen molar-refractivity contribution in [3.63, 3.8) is 0 Å². The van der Waals surface area contributed by atoms with Crippen LogP contribution < -0.4 is 0 Å². The molecule has 0 aromatic heterocycles. The van der Waals surface area contributed by atoms with Gasteiger partial charge >= 0.3 is 0 Å². The minimum absolute atomic E-state index is 0.358. The molecule has 2 aliphatic heterocycles. The van der Waals surface area contributed by atoms with Gasteiger partial charge < -0.3 is 9.80 Å². The van der Waals surface area contributed by atoms with Crippen LogP contribution in [0.3, 0.4) is 0 Å². The third-order valence-electron chi connectivity index (χ3n) is 5.85. The summed E-state index contributed by atoms with van der Waals surface area (Å²) < 4.78 is 0. The third kappa shape index (κ3) is 2.67. The molecule has 3 rings (SSSR count). The molecule has 3 nitrogen and oxygen atoms in total. The predicted molar refractivity (Wildman–Crippen MR) is 76.9 cm³/mol. The van der Waals surface area contributed by atoms with Gasteiger partial charge in [0.2, 0.25) is 5.91 Å². The van der Waals surface area contributed by atoms with Crippen LogP contribution in [-0.2, 0) is 4.79 Å². The molecule has 1 spiro atoms. The molecule has 1 amide bonds. The summed E-state index contributed by atoms with van der Waals surface area (Å²) in [6, 6.07) is 0. The van der Waals surface area contributed by atoms with Crippen LogP contribution in [-0.4, -0.2) is 48.9 Å². The Morgan fingerprint density at radius 3 is 2.21 bits per heavy atom. The highest BCUT2D eigenvalue weighted by atomic mass is 16.2. The smallest absolute Gasteiger partial charge is 0.225 e. The van der Waals surface area contributed by atoms with Crippen molar-refractivity contribution in [2.45, 2.75) is 45.4 Å². The summed E-state index contributed by atoms with van der Waals surface area (Å²) in [6.07, 6.45) is 7.37. The number of hydrogen-bond acceptors (Lipinski definition) is 2. The Balaban J connectivity index is 1.49. The van der Waals surface area contributed by atoms with E-state index in [1.165, 1.54) is 51.6 Å². The average Bonchev–Trinajstić information content (AvgIpc) is 2.37. The monoisotopic (exact) mass is 264 g/mol. The van der Waals surface area contributed by atoms with Gasteiger partial charge in [-0.3, -0.25) is 4.79 Å². The number of nitrogens with zero attached hydrogens (tertiary/aromatic N) is 2. The van der Waals surface area contributed by atoms with Crippen LogP contribution in [0.2, 0.25) is 0 Å². The summed E-state index contributed by atoms with van der Waals surface area (Å²) >= 11 is 0. The molecular formula is C16H28N2O. The molecule has 0 aromatic carbocycles. The Bertz CT molecular complexity index is 331. The van der Waals surface area contributed by atoms with Crippen molar-refractivity contribution < 1.29 is 4.79 Å². The van der Waals surface area contributed by atoms with Crippen LogP contribution in [0.5, 0.6) is 0 Å². The molecule has 3 heteroatoms. The van der Waals surface area contributed by atoms with Crippen molar-refractivity contribution in [3.8, 4) is 0 Å². The van der Waals surface area contributed by atoms with Crippen LogP contribution in [0.1, 0.15) is 45.4 Å². The second-order valence-corrected chi connectivity index (χ2v) is 7.42. The van der Waals surface area contributed by atoms with Crippen molar-refractivity contribution in [2.75, 3.05) is 33.2 Å². The molecule has 0 unspecified atom stereocenters. The van der Waals surface area contributed by atoms with E-state index in [-0.39, 0.29) is 0 Å². The first-order valence-corrected chi connectivity index (χ1v) is 8.05. The number of carbonyl (C=O) groups is 1. The highest BCUT2D eigenvalue weighted by Gasteiger charge is 2.49. The van der Waals surface area contributed by atoms with Gasteiger partial charge in [0.25, 0.3) is 0 Å². The zero-order valence-electron chi connectivity index (χ0n) is 12.5. The largest absolute Gasteiger partial charge is 0.342 e. The van der Waals surface area contributed by atoms with Crippen LogP contribution in [0.15, 0.2) is 0 Å². The number of piperidine rings is 2. The molecule has 0 aromatic rings. The normalized spacial score (nSPS) is 29.5. The first kappa shape index (κ1) is 13.4. The lowest BCUT2D eigenvalue weighted by atomic mass is 9.57. The van der Waals surface area contributed by atoms with Gasteiger partial charge in [-0.05, 0) is 70.0 Å². The van der Waals surface area contributed by atoms with Crippen molar-refractivity contribution in [3.05, 3.63) is 0 Å². The predicted octanol–water partition coefficient (Wildman–Crippen LogP) is 2.37. The standard InChI is InChI=1S/C16H28N2O/c1-13-3-7-18(8-4-13)15(19)14-11-16(12-14)5-9-17(2)10-6-16/h13-14H,3-12H2,1-2H3. The molecule has 1 saturated carbocycles. The fourth-order valence-corrected chi connectivity index (χ4v) is 4.15. The molecule has 108 valence electrons. The van der Waals surface area contributed by atoms with E-state index >= 15 is 0 Å². The Hall–Kier alpha value is -0.570. The lowest BCUT2D eigenvalue weighted by Gasteiger charge is -2.52. The molecule has 2 heterocycles. The van der Waals surface area contributed by atoms with Gasteiger partial charge in [-0.25, -0.2) is 0 Å². The first-order chi connectivity index (χ1) is 9.08. The molecular weight excluding hydrogens is 236 g/mol. The highest BCUT2D eigenvalue weighted by Crippen LogP contribution is 2.53. The van der Waals surface area contributed by atoms with Gasteiger partial charge in [-0.15, -0.1) is 0 Å². The Morgan fingerprint density at radius 2 is 1.63 bits per heavy atom. The topological polar surface area (TPSA) is 23.6 Å². The van der Waals surface area contributed by atoms with Gasteiger partial charge in [0.05, 0.1) is 0 Å². The van der Waals surface area contributed by atoms with Crippen LogP contribution in [0.4, 0.5) is 0 Å². The second-order valence-electron chi connectivity index (χ2n) is 7.42. The number of amides is 1. The first-order valence-electron chi connectivity index (χ1n) is 8.05. The zero-order valence-corrected chi connectivity index (χ0v) is 12.5. The molecule has 0 radical (unpaired) electrons. The fraction of sp³-hybridized carbons (Fsp3) is 0.938. The molecule has 0 atom stereocenters. The summed E-state index contributed by atoms with van der Waals surface area (Å²) in [5, 5.41) is 0. The van der Waals surface area contributed by atoms with E-state index in [2.05, 4.69) is 23.8 Å². The van der Waals surface area contributed by atoms with Crippen molar-refractivity contribution >= 4 is 5.91 Å². The lowest BCUT2D eigenvalue weighted by molar-refractivity contribution is -0.147. The summed E-state index contributed by atoms with van der Waals surface area (Å²) in [6.45, 7) is 6.77. The van der Waals surface area contributed by atoms with E-state index in [0.29, 0.717) is 17.2 Å². The molecule has 3 aliphatic rings. The van der Waals surface area contributed by atoms with Gasteiger partial charge in [-0.1, -0.05) is 6.92 Å². The van der Waals surface area contributed by atoms with Crippen LogP contribution >= 0.6 is 0 Å². The Kier molecular flexibility index (Phi) is 3.59. The fourth-order valence-electron chi connectivity index (χ4n) is 4.15. The minimum atomic E-state index is 0.358. The quantitative estimate of drug-likeness (QED) is 0.726. The maximum absolute atomic E-state index is 12.5. The highest BCUT2D eigenvalue weighted by molar-refractivity contribution is 5.80. The van der Waals surface area contributed by atoms with E-state index in [1.54, 1.807) is 0 Å². The van der Waals surface area contributed by atoms with Gasteiger partial charge in [-0.2, -0.15) is 0 Å². The van der Waals surface area contributed by atoms with Gasteiger partial charge in [0.1, 0.15) is 0 Å². The third-order valence-corrected chi connectivity index (χ3v) is 5.85. The maximum Gasteiger partial charge on any atom is 0.225 e. The van der Waals surface area contributed by atoms with Crippen LogP contribution in [0, 0.1) is 17.3 Å². The Labute approximate surface area is 117 Å². The van der Waals surface area contributed by atoms with E-state index in [4.69, 9.17) is 0 Å². The van der Waals surface area contributed by atoms with Crippen molar-refractivity contribution in [2.24, 2.45) is 17.3 Å². The second kappa shape index (κ2) is 5.08. The summed E-state index contributed by atoms with van der Waals surface area (Å²) in [4.78, 5) is 17.1.